The van der Waals surface area contributed by atoms with Crippen LogP contribution in [0, 0.1) is 13.8 Å². The van der Waals surface area contributed by atoms with Crippen molar-refractivity contribution >= 4 is 46.6 Å². The minimum atomic E-state index is -0.401. The number of carbonyl (C=O) groups is 3. The molecule has 3 heterocycles. The highest BCUT2D eigenvalue weighted by molar-refractivity contribution is 8.03. The fourth-order valence-corrected chi connectivity index (χ4v) is 5.56. The lowest BCUT2D eigenvalue weighted by Crippen LogP contribution is -2.63. The highest BCUT2D eigenvalue weighted by Gasteiger charge is 2.47. The molecule has 1 aromatic heterocycles. The summed E-state index contributed by atoms with van der Waals surface area (Å²) in [6, 6.07) is 8.97. The van der Waals surface area contributed by atoms with Crippen molar-refractivity contribution in [3.05, 3.63) is 63.2 Å². The molecule has 156 valence electrons. The van der Waals surface area contributed by atoms with Gasteiger partial charge in [0.05, 0.1) is 6.04 Å². The molecule has 0 aliphatic carbocycles. The first-order valence-corrected chi connectivity index (χ1v) is 11.6. The number of benzene rings is 1. The van der Waals surface area contributed by atoms with Crippen molar-refractivity contribution in [2.45, 2.75) is 31.6 Å². The number of hydrogen-bond donors (Lipinski definition) is 1. The summed E-state index contributed by atoms with van der Waals surface area (Å²) in [6.07, 6.45) is 2.46. The van der Waals surface area contributed by atoms with Gasteiger partial charge in [-0.3, -0.25) is 14.5 Å². The van der Waals surface area contributed by atoms with Gasteiger partial charge >= 0.3 is 6.03 Å². The summed E-state index contributed by atoms with van der Waals surface area (Å²) >= 11 is 3.01. The molecule has 1 saturated heterocycles. The van der Waals surface area contributed by atoms with Crippen LogP contribution in [-0.2, 0) is 16.0 Å². The number of nitrogens with zero attached hydrogens (tertiary/aromatic N) is 2. The predicted octanol–water partition coefficient (Wildman–Crippen LogP) is 3.81. The van der Waals surface area contributed by atoms with E-state index in [1.807, 2.05) is 61.0 Å². The Bertz CT molecular complexity index is 983. The van der Waals surface area contributed by atoms with Gasteiger partial charge in [-0.2, -0.15) is 0 Å². The minimum absolute atomic E-state index is 0.0958. The molecule has 2 aromatic rings. The van der Waals surface area contributed by atoms with E-state index >= 15 is 0 Å². The van der Waals surface area contributed by atoms with E-state index in [-0.39, 0.29) is 23.6 Å². The Labute approximate surface area is 183 Å². The quantitative estimate of drug-likeness (QED) is 0.740. The maximum atomic E-state index is 13.2. The Morgan fingerprint density at radius 1 is 1.13 bits per heavy atom. The molecule has 2 aliphatic rings. The van der Waals surface area contributed by atoms with Crippen LogP contribution in [0.15, 0.2) is 47.2 Å². The van der Waals surface area contributed by atoms with Crippen molar-refractivity contribution in [3.8, 4) is 0 Å². The van der Waals surface area contributed by atoms with E-state index in [2.05, 4.69) is 5.32 Å². The molecule has 1 aromatic carbocycles. The molecular formula is C22H23N3O3S2. The van der Waals surface area contributed by atoms with E-state index in [1.54, 1.807) is 11.3 Å². The average molecular weight is 442 g/mol. The summed E-state index contributed by atoms with van der Waals surface area (Å²) in [5.41, 5.74) is 2.70. The fraction of sp³-hybridized carbons (Fsp3) is 0.318. The van der Waals surface area contributed by atoms with E-state index in [4.69, 9.17) is 0 Å². The summed E-state index contributed by atoms with van der Waals surface area (Å²) in [5.74, 6) is -0.444. The Kier molecular flexibility index (Phi) is 5.97. The van der Waals surface area contributed by atoms with E-state index in [1.165, 1.54) is 21.6 Å². The normalized spacial score (nSPS) is 20.6. The summed E-state index contributed by atoms with van der Waals surface area (Å²) in [5, 5.41) is 6.38. The van der Waals surface area contributed by atoms with Crippen LogP contribution in [0.1, 0.15) is 16.0 Å². The van der Waals surface area contributed by atoms with Crippen molar-refractivity contribution in [3.63, 3.8) is 0 Å². The topological polar surface area (TPSA) is 69.7 Å². The first-order chi connectivity index (χ1) is 14.5. The van der Waals surface area contributed by atoms with Gasteiger partial charge in [0.15, 0.2) is 0 Å². The molecule has 1 fully saturated rings. The van der Waals surface area contributed by atoms with Crippen molar-refractivity contribution in [1.82, 2.24) is 9.80 Å². The molecule has 0 radical (unpaired) electrons. The number of nitrogens with one attached hydrogen (secondary N) is 1. The van der Waals surface area contributed by atoms with Crippen LogP contribution in [-0.4, -0.2) is 52.0 Å². The van der Waals surface area contributed by atoms with E-state index in [9.17, 15) is 14.4 Å². The molecule has 0 spiro atoms. The Hall–Kier alpha value is -2.58. The molecule has 8 heteroatoms. The van der Waals surface area contributed by atoms with Crippen LogP contribution < -0.4 is 5.32 Å². The van der Waals surface area contributed by atoms with E-state index in [0.29, 0.717) is 13.0 Å². The van der Waals surface area contributed by atoms with Gasteiger partial charge < -0.3 is 10.2 Å². The van der Waals surface area contributed by atoms with E-state index < -0.39 is 12.1 Å². The number of urea groups is 1. The van der Waals surface area contributed by atoms with Crippen molar-refractivity contribution in [1.29, 1.82) is 0 Å². The molecule has 2 atom stereocenters. The number of para-hydroxylation sites is 1. The molecule has 0 saturated carbocycles. The zero-order valence-corrected chi connectivity index (χ0v) is 18.5. The number of hydrogen-bond acceptors (Lipinski definition) is 5. The smallest absolute Gasteiger partial charge is 0.324 e. The van der Waals surface area contributed by atoms with E-state index in [0.717, 1.165) is 21.7 Å². The van der Waals surface area contributed by atoms with Gasteiger partial charge in [-0.25, -0.2) is 4.79 Å². The highest BCUT2D eigenvalue weighted by atomic mass is 32.2. The second-order valence-corrected chi connectivity index (χ2v) is 9.50. The van der Waals surface area contributed by atoms with Gasteiger partial charge in [0.25, 0.3) is 0 Å². The summed E-state index contributed by atoms with van der Waals surface area (Å²) in [7, 11) is 0. The molecule has 1 N–H and O–H groups in total. The van der Waals surface area contributed by atoms with Crippen LogP contribution >= 0.6 is 23.1 Å². The maximum absolute atomic E-state index is 13.2. The monoisotopic (exact) mass is 441 g/mol. The Morgan fingerprint density at radius 3 is 2.60 bits per heavy atom. The number of aryl methyl sites for hydroxylation is 2. The van der Waals surface area contributed by atoms with Crippen molar-refractivity contribution in [2.75, 3.05) is 18.4 Å². The first-order valence-electron chi connectivity index (χ1n) is 9.78. The third-order valence-corrected chi connectivity index (χ3v) is 7.40. The third kappa shape index (κ3) is 4.02. The number of thioether (sulfide) groups is 1. The number of imide groups is 1. The second-order valence-electron chi connectivity index (χ2n) is 7.42. The molecular weight excluding hydrogens is 418 g/mol. The molecule has 0 bridgehead atoms. The minimum Gasteiger partial charge on any atom is -0.324 e. The van der Waals surface area contributed by atoms with Gasteiger partial charge in [-0.15, -0.1) is 23.1 Å². The largest absolute Gasteiger partial charge is 0.327 e. The second kappa shape index (κ2) is 8.65. The van der Waals surface area contributed by atoms with Gasteiger partial charge in [0.2, 0.25) is 11.8 Å². The highest BCUT2D eigenvalue weighted by Crippen LogP contribution is 2.34. The van der Waals surface area contributed by atoms with Crippen LogP contribution in [0.3, 0.4) is 0 Å². The average Bonchev–Trinajstić information content (AvgIpc) is 3.40. The third-order valence-electron chi connectivity index (χ3n) is 5.38. The molecule has 30 heavy (non-hydrogen) atoms. The van der Waals surface area contributed by atoms with Gasteiger partial charge in [-0.1, -0.05) is 30.3 Å². The van der Waals surface area contributed by atoms with Crippen LogP contribution in [0.2, 0.25) is 0 Å². The predicted molar refractivity (Wildman–Crippen MR) is 121 cm³/mol. The number of thiophene rings is 1. The van der Waals surface area contributed by atoms with Crippen LogP contribution in [0.4, 0.5) is 10.5 Å². The summed E-state index contributed by atoms with van der Waals surface area (Å²) in [6.45, 7) is 4.09. The zero-order valence-electron chi connectivity index (χ0n) is 16.8. The number of fused-ring (bicyclic) bond motifs is 1. The van der Waals surface area contributed by atoms with Gasteiger partial charge in [0.1, 0.15) is 11.8 Å². The number of carbonyl (C=O) groups excluding carboxylic acids is 3. The molecule has 4 rings (SSSR count). The Balaban J connectivity index is 1.50. The number of anilines is 1. The first kappa shape index (κ1) is 20.7. The maximum Gasteiger partial charge on any atom is 0.327 e. The molecule has 2 unspecified atom stereocenters. The zero-order chi connectivity index (χ0) is 21.3. The summed E-state index contributed by atoms with van der Waals surface area (Å²) < 4.78 is 0. The SMILES string of the molecule is Cc1cccc(C)c1NC(=O)CN1C(=O)N(CCc2cccs2)C(=O)C2SC=CC21. The number of rotatable bonds is 6. The standard InChI is InChI=1S/C22H23N3O3S2/c1-14-5-3-6-15(2)19(14)23-18(26)13-25-17-9-12-30-20(17)21(27)24(22(25)28)10-8-16-7-4-11-29-16/h3-7,9,11-12,17,20H,8,10,13H2,1-2H3,(H,23,26). The lowest BCUT2D eigenvalue weighted by Gasteiger charge is -2.40. The number of amides is 4. The van der Waals surface area contributed by atoms with Crippen molar-refractivity contribution < 1.29 is 14.4 Å². The van der Waals surface area contributed by atoms with Gasteiger partial charge in [0, 0.05) is 17.1 Å². The lowest BCUT2D eigenvalue weighted by molar-refractivity contribution is -0.132. The lowest BCUT2D eigenvalue weighted by atomic mass is 10.1. The molecule has 6 nitrogen and oxygen atoms in total. The van der Waals surface area contributed by atoms with Crippen LogP contribution in [0.25, 0.3) is 0 Å². The molecule has 2 aliphatic heterocycles. The summed E-state index contributed by atoms with van der Waals surface area (Å²) in [4.78, 5) is 42.8. The Morgan fingerprint density at radius 2 is 1.90 bits per heavy atom. The van der Waals surface area contributed by atoms with Crippen molar-refractivity contribution in [2.24, 2.45) is 0 Å². The van der Waals surface area contributed by atoms with Gasteiger partial charge in [-0.05, 0) is 48.2 Å². The van der Waals surface area contributed by atoms with Crippen LogP contribution in [0.5, 0.6) is 0 Å². The fourth-order valence-electron chi connectivity index (χ4n) is 3.79. The molecule has 4 amide bonds.